The first kappa shape index (κ1) is 16.0. The van der Waals surface area contributed by atoms with Crippen LogP contribution in [0.2, 0.25) is 0 Å². The maximum atomic E-state index is 13.1. The zero-order valence-corrected chi connectivity index (χ0v) is 13.9. The number of nitrogens with two attached hydrogens (primary N) is 1. The Morgan fingerprint density at radius 2 is 2.19 bits per heavy atom. The molecule has 0 saturated heterocycles. The van der Waals surface area contributed by atoms with Crippen LogP contribution in [-0.4, -0.2) is 15.8 Å². The number of rotatable bonds is 5. The third kappa shape index (κ3) is 3.63. The second kappa shape index (κ2) is 6.58. The zero-order valence-electron chi connectivity index (χ0n) is 12.4. The van der Waals surface area contributed by atoms with Gasteiger partial charge < -0.3 is 10.5 Å². The van der Waals surface area contributed by atoms with Crippen molar-refractivity contribution < 1.29 is 9.13 Å². The van der Waals surface area contributed by atoms with Gasteiger partial charge in [0.05, 0.1) is 10.2 Å². The highest BCUT2D eigenvalue weighted by atomic mass is 79.9. The minimum Gasteiger partial charge on any atom is -0.438 e. The standard InChI is InChI=1S/C15H19BrFN3O/c1-4-11(18)8-12-9(2)19-20(3)15(12)21-14-6-5-10(17)7-13(14)16/h5-7,11H,4,8,18H2,1-3H3. The highest BCUT2D eigenvalue weighted by Crippen LogP contribution is 2.33. The minimum atomic E-state index is -0.316. The predicted octanol–water partition coefficient (Wildman–Crippen LogP) is 3.70. The van der Waals surface area contributed by atoms with E-state index >= 15 is 0 Å². The van der Waals surface area contributed by atoms with Crippen molar-refractivity contribution in [2.75, 3.05) is 0 Å². The molecule has 6 heteroatoms. The summed E-state index contributed by atoms with van der Waals surface area (Å²) >= 11 is 3.31. The first-order valence-electron chi connectivity index (χ1n) is 6.83. The Morgan fingerprint density at radius 3 is 2.81 bits per heavy atom. The molecule has 0 radical (unpaired) electrons. The number of hydrogen-bond donors (Lipinski definition) is 1. The second-order valence-corrected chi connectivity index (χ2v) is 5.90. The molecule has 1 unspecified atom stereocenters. The number of aryl methyl sites for hydroxylation is 2. The van der Waals surface area contributed by atoms with Crippen molar-refractivity contribution in [1.82, 2.24) is 9.78 Å². The van der Waals surface area contributed by atoms with Gasteiger partial charge in [-0.2, -0.15) is 5.10 Å². The van der Waals surface area contributed by atoms with E-state index in [0.717, 1.165) is 17.7 Å². The van der Waals surface area contributed by atoms with Gasteiger partial charge >= 0.3 is 0 Å². The largest absolute Gasteiger partial charge is 0.438 e. The van der Waals surface area contributed by atoms with Gasteiger partial charge in [0.2, 0.25) is 5.88 Å². The SMILES string of the molecule is CCC(N)Cc1c(C)nn(C)c1Oc1ccc(F)cc1Br. The Hall–Kier alpha value is -1.40. The third-order valence-corrected chi connectivity index (χ3v) is 4.00. The summed E-state index contributed by atoms with van der Waals surface area (Å²) in [7, 11) is 1.82. The summed E-state index contributed by atoms with van der Waals surface area (Å²) in [6.45, 7) is 3.98. The van der Waals surface area contributed by atoms with Crippen LogP contribution < -0.4 is 10.5 Å². The van der Waals surface area contributed by atoms with Gasteiger partial charge in [0.15, 0.2) is 0 Å². The first-order chi connectivity index (χ1) is 9.92. The Kier molecular flexibility index (Phi) is 5.00. The van der Waals surface area contributed by atoms with Crippen molar-refractivity contribution in [2.45, 2.75) is 32.7 Å². The van der Waals surface area contributed by atoms with Crippen molar-refractivity contribution in [3.05, 3.63) is 39.7 Å². The number of halogens is 2. The Balaban J connectivity index is 2.34. The maximum absolute atomic E-state index is 13.1. The van der Waals surface area contributed by atoms with E-state index in [-0.39, 0.29) is 11.9 Å². The van der Waals surface area contributed by atoms with Crippen LogP contribution in [-0.2, 0) is 13.5 Å². The first-order valence-corrected chi connectivity index (χ1v) is 7.62. The summed E-state index contributed by atoms with van der Waals surface area (Å²) < 4.78 is 21.3. The molecule has 0 bridgehead atoms. The van der Waals surface area contributed by atoms with E-state index in [1.807, 2.05) is 20.9 Å². The van der Waals surface area contributed by atoms with E-state index in [4.69, 9.17) is 10.5 Å². The smallest absolute Gasteiger partial charge is 0.221 e. The summed E-state index contributed by atoms with van der Waals surface area (Å²) in [6, 6.07) is 4.38. The molecule has 2 rings (SSSR count). The molecule has 0 saturated carbocycles. The van der Waals surface area contributed by atoms with Gasteiger partial charge in [0.1, 0.15) is 11.6 Å². The van der Waals surface area contributed by atoms with Crippen LogP contribution in [0.1, 0.15) is 24.6 Å². The fourth-order valence-electron chi connectivity index (χ4n) is 2.11. The lowest BCUT2D eigenvalue weighted by Crippen LogP contribution is -2.21. The molecule has 1 atom stereocenters. The van der Waals surface area contributed by atoms with Crippen molar-refractivity contribution in [1.29, 1.82) is 0 Å². The van der Waals surface area contributed by atoms with Gasteiger partial charge in [-0.1, -0.05) is 6.92 Å². The molecule has 0 aliphatic rings. The van der Waals surface area contributed by atoms with Crippen LogP contribution in [0.25, 0.3) is 0 Å². The molecule has 2 N–H and O–H groups in total. The highest BCUT2D eigenvalue weighted by Gasteiger charge is 2.18. The van der Waals surface area contributed by atoms with Crippen molar-refractivity contribution in [3.63, 3.8) is 0 Å². The molecule has 0 aliphatic carbocycles. The lowest BCUT2D eigenvalue weighted by molar-refractivity contribution is 0.420. The Morgan fingerprint density at radius 1 is 1.48 bits per heavy atom. The monoisotopic (exact) mass is 355 g/mol. The summed E-state index contributed by atoms with van der Waals surface area (Å²) in [5, 5.41) is 4.39. The number of ether oxygens (including phenoxy) is 1. The summed E-state index contributed by atoms with van der Waals surface area (Å²) in [5.74, 6) is 0.873. The van der Waals surface area contributed by atoms with Crippen LogP contribution in [0.15, 0.2) is 22.7 Å². The summed E-state index contributed by atoms with van der Waals surface area (Å²) in [5.41, 5.74) is 7.93. The predicted molar refractivity (Wildman–Crippen MR) is 84.1 cm³/mol. The van der Waals surface area contributed by atoms with Gasteiger partial charge in [0, 0.05) is 18.7 Å². The number of hydrogen-bond acceptors (Lipinski definition) is 3. The van der Waals surface area contributed by atoms with Crippen molar-refractivity contribution >= 4 is 15.9 Å². The maximum Gasteiger partial charge on any atom is 0.221 e. The third-order valence-electron chi connectivity index (χ3n) is 3.38. The normalized spacial score (nSPS) is 12.5. The molecule has 2 aromatic rings. The van der Waals surface area contributed by atoms with E-state index in [0.29, 0.717) is 22.5 Å². The number of nitrogens with zero attached hydrogens (tertiary/aromatic N) is 2. The molecular weight excluding hydrogens is 337 g/mol. The minimum absolute atomic E-state index is 0.0620. The molecular formula is C15H19BrFN3O. The second-order valence-electron chi connectivity index (χ2n) is 5.04. The van der Waals surface area contributed by atoms with E-state index < -0.39 is 0 Å². The quantitative estimate of drug-likeness (QED) is 0.889. The molecule has 1 aromatic heterocycles. The average Bonchev–Trinajstić information content (AvgIpc) is 2.68. The molecule has 0 amide bonds. The lowest BCUT2D eigenvalue weighted by Gasteiger charge is -2.13. The van der Waals surface area contributed by atoms with E-state index in [2.05, 4.69) is 21.0 Å². The molecule has 21 heavy (non-hydrogen) atoms. The fraction of sp³-hybridized carbons (Fsp3) is 0.400. The van der Waals surface area contributed by atoms with E-state index in [9.17, 15) is 4.39 Å². The number of aromatic nitrogens is 2. The molecule has 4 nitrogen and oxygen atoms in total. The van der Waals surface area contributed by atoms with E-state index in [1.165, 1.54) is 12.1 Å². The summed E-state index contributed by atoms with van der Waals surface area (Å²) in [6.07, 6.45) is 1.58. The summed E-state index contributed by atoms with van der Waals surface area (Å²) in [4.78, 5) is 0. The topological polar surface area (TPSA) is 53.1 Å². The van der Waals surface area contributed by atoms with Gasteiger partial charge in [0.25, 0.3) is 0 Å². The fourth-order valence-corrected chi connectivity index (χ4v) is 2.54. The highest BCUT2D eigenvalue weighted by molar-refractivity contribution is 9.10. The molecule has 1 heterocycles. The molecule has 114 valence electrons. The van der Waals surface area contributed by atoms with Gasteiger partial charge in [-0.15, -0.1) is 0 Å². The zero-order chi connectivity index (χ0) is 15.6. The molecule has 0 fully saturated rings. The molecule has 0 spiro atoms. The van der Waals surface area contributed by atoms with Gasteiger partial charge in [-0.25, -0.2) is 9.07 Å². The van der Waals surface area contributed by atoms with E-state index in [1.54, 1.807) is 10.7 Å². The van der Waals surface area contributed by atoms with Crippen LogP contribution >= 0.6 is 15.9 Å². The number of benzene rings is 1. The van der Waals surface area contributed by atoms with Crippen molar-refractivity contribution in [2.24, 2.45) is 12.8 Å². The average molecular weight is 356 g/mol. The van der Waals surface area contributed by atoms with Gasteiger partial charge in [-0.3, -0.25) is 0 Å². The van der Waals surface area contributed by atoms with Crippen LogP contribution in [0.3, 0.4) is 0 Å². The van der Waals surface area contributed by atoms with Crippen LogP contribution in [0.4, 0.5) is 4.39 Å². The lowest BCUT2D eigenvalue weighted by atomic mass is 10.1. The molecule has 1 aromatic carbocycles. The Bertz CT molecular complexity index is 642. The van der Waals surface area contributed by atoms with Crippen molar-refractivity contribution in [3.8, 4) is 11.6 Å². The molecule has 0 aliphatic heterocycles. The van der Waals surface area contributed by atoms with Gasteiger partial charge in [-0.05, 0) is 53.9 Å². The van der Waals surface area contributed by atoms with Crippen LogP contribution in [0.5, 0.6) is 11.6 Å². The van der Waals surface area contributed by atoms with Crippen LogP contribution in [0, 0.1) is 12.7 Å². The Labute approximate surface area is 132 Å².